The van der Waals surface area contributed by atoms with Crippen LogP contribution < -0.4 is 0 Å². The van der Waals surface area contributed by atoms with E-state index in [9.17, 15) is 0 Å². The molecule has 0 radical (unpaired) electrons. The summed E-state index contributed by atoms with van der Waals surface area (Å²) in [5.74, 6) is 1.26. The molecule has 4 aromatic carbocycles. The minimum absolute atomic E-state index is 0. The van der Waals surface area contributed by atoms with Crippen molar-refractivity contribution in [1.82, 2.24) is 0 Å². The van der Waals surface area contributed by atoms with Crippen LogP contribution in [0, 0.1) is 5.92 Å². The quantitative estimate of drug-likeness (QED) is 0.163. The summed E-state index contributed by atoms with van der Waals surface area (Å²) in [5.41, 5.74) is 18.2. The second-order valence-corrected chi connectivity index (χ2v) is 48.5. The summed E-state index contributed by atoms with van der Waals surface area (Å²) in [4.78, 5) is 0. The molecule has 0 spiro atoms. The Bertz CT molecular complexity index is 2010. The summed E-state index contributed by atoms with van der Waals surface area (Å²) >= 11 is -3.74. The second-order valence-electron chi connectivity index (χ2n) is 18.1. The van der Waals surface area contributed by atoms with Gasteiger partial charge in [0.15, 0.2) is 0 Å². The van der Waals surface area contributed by atoms with Gasteiger partial charge in [-0.15, -0.1) is 24.8 Å². The third-order valence-electron chi connectivity index (χ3n) is 12.6. The SMILES string of the molecule is CCC1=Cc2c(-c3ccc(C(C)(C)C)cc3)cccc2[CH]1[Zr]([CH3])([CH3])(=[SiH2])[CH]1C(C2CCCCC2)=Cc2c(-c3ccc(C(C)C)cc3)cccc21.Cl.Cl. The number of rotatable bonds is 7. The van der Waals surface area contributed by atoms with Gasteiger partial charge in [-0.05, 0) is 0 Å². The molecule has 0 nitrogen and oxygen atoms in total. The Labute approximate surface area is 324 Å². The van der Waals surface area contributed by atoms with Gasteiger partial charge in [0.1, 0.15) is 0 Å². The van der Waals surface area contributed by atoms with E-state index < -0.39 is 17.4 Å². The molecule has 2 unspecified atom stereocenters. The molecule has 0 saturated heterocycles. The van der Waals surface area contributed by atoms with Gasteiger partial charge in [-0.2, -0.15) is 0 Å². The monoisotopic (exact) mass is 812 g/mol. The summed E-state index contributed by atoms with van der Waals surface area (Å²) in [6.45, 7) is 16.4. The molecule has 1 saturated carbocycles. The van der Waals surface area contributed by atoms with E-state index in [1.54, 1.807) is 22.3 Å². The average molecular weight is 815 g/mol. The van der Waals surface area contributed by atoms with Crippen molar-refractivity contribution in [3.05, 3.63) is 129 Å². The van der Waals surface area contributed by atoms with Gasteiger partial charge in [0.05, 0.1) is 0 Å². The van der Waals surface area contributed by atoms with Gasteiger partial charge in [-0.3, -0.25) is 0 Å². The summed E-state index contributed by atoms with van der Waals surface area (Å²) in [5, 5.41) is 0. The van der Waals surface area contributed by atoms with E-state index in [0.717, 1.165) is 6.42 Å². The summed E-state index contributed by atoms with van der Waals surface area (Å²) in [7, 11) is 0. The summed E-state index contributed by atoms with van der Waals surface area (Å²) in [6, 6.07) is 33.4. The van der Waals surface area contributed by atoms with Crippen molar-refractivity contribution in [3.63, 3.8) is 0 Å². The zero-order valence-corrected chi connectivity index (χ0v) is 37.8. The van der Waals surface area contributed by atoms with Gasteiger partial charge in [-0.1, -0.05) is 0 Å². The van der Waals surface area contributed by atoms with Crippen LogP contribution in [0.4, 0.5) is 0 Å². The van der Waals surface area contributed by atoms with Crippen LogP contribution in [0.1, 0.15) is 127 Å². The van der Waals surface area contributed by atoms with Crippen molar-refractivity contribution in [1.29, 1.82) is 0 Å². The number of halogens is 2. The molecule has 0 aliphatic heterocycles. The molecule has 0 aromatic heterocycles. The molecule has 270 valence electrons. The molecule has 1 fully saturated rings. The van der Waals surface area contributed by atoms with Gasteiger partial charge < -0.3 is 0 Å². The zero-order chi connectivity index (χ0) is 34.7. The Morgan fingerprint density at radius 2 is 1.20 bits per heavy atom. The Morgan fingerprint density at radius 1 is 0.686 bits per heavy atom. The van der Waals surface area contributed by atoms with E-state index in [1.165, 1.54) is 76.6 Å². The van der Waals surface area contributed by atoms with E-state index in [1.807, 2.05) is 0 Å². The Hall–Kier alpha value is -1.96. The number of allylic oxidation sites excluding steroid dienone is 2. The zero-order valence-electron chi connectivity index (χ0n) is 32.3. The smallest absolute Gasteiger partial charge is 0.147 e. The third kappa shape index (κ3) is 7.31. The first-order valence-electron chi connectivity index (χ1n) is 19.2. The van der Waals surface area contributed by atoms with Crippen molar-refractivity contribution in [2.75, 3.05) is 0 Å². The maximum atomic E-state index is 2.84. The number of hydrogen-bond donors (Lipinski definition) is 0. The number of hydrogen-bond acceptors (Lipinski definition) is 0. The van der Waals surface area contributed by atoms with Crippen LogP contribution in [-0.4, -0.2) is 6.88 Å². The largest absolute Gasteiger partial charge is 0.147 e. The van der Waals surface area contributed by atoms with Crippen molar-refractivity contribution < 1.29 is 17.4 Å². The van der Waals surface area contributed by atoms with Crippen LogP contribution in [0.3, 0.4) is 0 Å². The predicted octanol–water partition coefficient (Wildman–Crippen LogP) is 14.2. The topological polar surface area (TPSA) is 0 Å². The van der Waals surface area contributed by atoms with E-state index in [2.05, 4.69) is 155 Å². The van der Waals surface area contributed by atoms with E-state index in [0.29, 0.717) is 19.1 Å². The van der Waals surface area contributed by atoms with Gasteiger partial charge >= 0.3 is 302 Å². The standard InChI is InChI=1S/C24H27.C21H23.2CH3.2ClH.H2Si.Zr/c1-17(2)18-11-13-20(14-12-18)23-10-6-9-21-15-22(16-24(21)23)19-7-4-3-5-8-19;1-5-15-13-17-7-6-8-19(20(17)14-15)16-9-11-18(12-10-16)21(2,3)4;;;;;;/h6,9-17,19H,3-5,7-8H2,1-2H3;6-14H,5H2,1-4H3;2*1H3;2*1H;1H2;. The number of benzene rings is 4. The van der Waals surface area contributed by atoms with Crippen LogP contribution in [-0.2, 0) is 22.8 Å². The van der Waals surface area contributed by atoms with Crippen molar-refractivity contribution in [2.24, 2.45) is 5.92 Å². The second kappa shape index (κ2) is 15.1. The molecule has 3 aliphatic carbocycles. The van der Waals surface area contributed by atoms with E-state index in [-0.39, 0.29) is 30.2 Å². The van der Waals surface area contributed by atoms with E-state index in [4.69, 9.17) is 0 Å². The summed E-state index contributed by atoms with van der Waals surface area (Å²) in [6.07, 6.45) is 13.4. The molecule has 4 heteroatoms. The molecule has 7 rings (SSSR count). The Balaban J connectivity index is 0.00000252. The van der Waals surface area contributed by atoms with Crippen LogP contribution in [0.2, 0.25) is 9.26 Å². The summed E-state index contributed by atoms with van der Waals surface area (Å²) < 4.78 is 6.79. The third-order valence-corrected chi connectivity index (χ3v) is 30.0. The van der Waals surface area contributed by atoms with Crippen molar-refractivity contribution >= 4 is 43.8 Å². The van der Waals surface area contributed by atoms with Gasteiger partial charge in [0.25, 0.3) is 0 Å². The maximum Gasteiger partial charge on any atom is -0.147 e. The first kappa shape index (κ1) is 40.2. The number of fused-ring (bicyclic) bond motifs is 2. The molecule has 0 N–H and O–H groups in total. The minimum atomic E-state index is -3.74. The Kier molecular flexibility index (Phi) is 11.9. The van der Waals surface area contributed by atoms with Crippen molar-refractivity contribution in [3.8, 4) is 22.3 Å². The van der Waals surface area contributed by atoms with Gasteiger partial charge in [0, 0.05) is 0 Å². The molecule has 0 amide bonds. The molecule has 0 bridgehead atoms. The van der Waals surface area contributed by atoms with Crippen LogP contribution in [0.15, 0.2) is 96.1 Å². The first-order valence-corrected chi connectivity index (χ1v) is 32.9. The average Bonchev–Trinajstić information content (AvgIpc) is 3.69. The normalized spacial score (nSPS) is 19.1. The molecular weight excluding hydrogens is 755 g/mol. The molecule has 0 heterocycles. The van der Waals surface area contributed by atoms with Gasteiger partial charge in [-0.25, -0.2) is 0 Å². The molecule has 3 aliphatic rings. The molecule has 2 atom stereocenters. The van der Waals surface area contributed by atoms with Crippen LogP contribution in [0.25, 0.3) is 34.4 Å². The van der Waals surface area contributed by atoms with Gasteiger partial charge in [0.2, 0.25) is 0 Å². The fraction of sp³-hybridized carbons (Fsp3) is 0.404. The fourth-order valence-electron chi connectivity index (χ4n) is 10.0. The maximum absolute atomic E-state index is 3.74. The Morgan fingerprint density at radius 3 is 1.71 bits per heavy atom. The van der Waals surface area contributed by atoms with Crippen molar-refractivity contribution in [2.45, 2.75) is 108 Å². The molecule has 4 aromatic rings. The predicted molar refractivity (Wildman–Crippen MR) is 230 cm³/mol. The van der Waals surface area contributed by atoms with Crippen LogP contribution >= 0.6 is 24.8 Å². The first-order chi connectivity index (χ1) is 23.3. The van der Waals surface area contributed by atoms with E-state index >= 15 is 0 Å². The minimum Gasteiger partial charge on any atom is -0.147 e. The molecule has 51 heavy (non-hydrogen) atoms. The fourth-order valence-corrected chi connectivity index (χ4v) is 29.8. The van der Waals surface area contributed by atoms with Crippen LogP contribution in [0.5, 0.6) is 0 Å². The molecular formula is C47H60Cl2SiZr.